The molecule has 3 rings (SSSR count). The predicted octanol–water partition coefficient (Wildman–Crippen LogP) is 2.54. The second kappa shape index (κ2) is 3.11. The van der Waals surface area contributed by atoms with Crippen LogP contribution in [0.5, 0.6) is 0 Å². The van der Waals surface area contributed by atoms with E-state index in [0.29, 0.717) is 0 Å². The summed E-state index contributed by atoms with van der Waals surface area (Å²) >= 11 is 0. The first kappa shape index (κ1) is 8.50. The fourth-order valence-corrected chi connectivity index (χ4v) is 2.21. The Labute approximate surface area is 88.7 Å². The number of hydrogen-bond donors (Lipinski definition) is 2. The molecule has 0 bridgehead atoms. The van der Waals surface area contributed by atoms with Crippen LogP contribution in [0.4, 0.5) is 5.69 Å². The normalized spacial score (nSPS) is 12.1. The molecule has 0 heterocycles. The highest BCUT2D eigenvalue weighted by Gasteiger charge is 2.17. The number of hydrogen-bond acceptors (Lipinski definition) is 2. The average molecular weight is 196 g/mol. The molecule has 15 heavy (non-hydrogen) atoms. The molecular weight excluding hydrogens is 184 g/mol. The Bertz CT molecular complexity index is 518. The van der Waals surface area contributed by atoms with Gasteiger partial charge in [0.05, 0.1) is 0 Å². The van der Waals surface area contributed by atoms with E-state index in [4.69, 9.17) is 5.84 Å². The molecule has 2 aromatic carbocycles. The fourth-order valence-electron chi connectivity index (χ4n) is 2.21. The van der Waals surface area contributed by atoms with Crippen molar-refractivity contribution in [3.63, 3.8) is 0 Å². The first-order chi connectivity index (χ1) is 7.38. The lowest BCUT2D eigenvalue weighted by atomic mass is 10.1. The molecular formula is C13H12N2. The Morgan fingerprint density at radius 3 is 2.60 bits per heavy atom. The monoisotopic (exact) mass is 196 g/mol. The molecule has 0 aromatic heterocycles. The lowest BCUT2D eigenvalue weighted by molar-refractivity contribution is 1.26. The predicted molar refractivity (Wildman–Crippen MR) is 62.5 cm³/mol. The van der Waals surface area contributed by atoms with Crippen LogP contribution >= 0.6 is 0 Å². The van der Waals surface area contributed by atoms with Crippen LogP contribution < -0.4 is 11.3 Å². The maximum Gasteiger partial charge on any atom is 0.0491 e. The van der Waals surface area contributed by atoms with Crippen molar-refractivity contribution in [1.82, 2.24) is 0 Å². The molecule has 1 aliphatic carbocycles. The summed E-state index contributed by atoms with van der Waals surface area (Å²) in [7, 11) is 0. The smallest absolute Gasteiger partial charge is 0.0491 e. The molecule has 2 nitrogen and oxygen atoms in total. The third-order valence-corrected chi connectivity index (χ3v) is 2.96. The molecule has 0 aliphatic heterocycles. The zero-order chi connectivity index (χ0) is 10.3. The minimum Gasteiger partial charge on any atom is -0.324 e. The van der Waals surface area contributed by atoms with Crippen molar-refractivity contribution in [2.24, 2.45) is 5.84 Å². The van der Waals surface area contributed by atoms with Crippen LogP contribution in [-0.4, -0.2) is 0 Å². The van der Waals surface area contributed by atoms with E-state index in [0.717, 1.165) is 12.1 Å². The molecule has 2 aromatic rings. The van der Waals surface area contributed by atoms with Crippen LogP contribution in [0, 0.1) is 0 Å². The van der Waals surface area contributed by atoms with Gasteiger partial charge in [-0.3, -0.25) is 5.84 Å². The third kappa shape index (κ3) is 1.22. The highest BCUT2D eigenvalue weighted by molar-refractivity contribution is 5.79. The van der Waals surface area contributed by atoms with Gasteiger partial charge in [-0.15, -0.1) is 0 Å². The van der Waals surface area contributed by atoms with Crippen molar-refractivity contribution in [2.45, 2.75) is 6.42 Å². The lowest BCUT2D eigenvalue weighted by Crippen LogP contribution is -2.06. The molecule has 0 radical (unpaired) electrons. The van der Waals surface area contributed by atoms with Gasteiger partial charge in [0.2, 0.25) is 0 Å². The number of hydrazine groups is 1. The Morgan fingerprint density at radius 1 is 0.933 bits per heavy atom. The maximum absolute atomic E-state index is 5.41. The highest BCUT2D eigenvalue weighted by Crippen LogP contribution is 2.37. The van der Waals surface area contributed by atoms with E-state index >= 15 is 0 Å². The van der Waals surface area contributed by atoms with E-state index in [1.54, 1.807) is 0 Å². The van der Waals surface area contributed by atoms with Crippen LogP contribution in [0.15, 0.2) is 42.5 Å². The summed E-state index contributed by atoms with van der Waals surface area (Å²) in [6.07, 6.45) is 1.04. The first-order valence-corrected chi connectivity index (χ1v) is 5.06. The van der Waals surface area contributed by atoms with Gasteiger partial charge in [-0.25, -0.2) is 0 Å². The zero-order valence-corrected chi connectivity index (χ0v) is 8.33. The fraction of sp³-hybridized carbons (Fsp3) is 0.0769. The van der Waals surface area contributed by atoms with Crippen LogP contribution in [0.3, 0.4) is 0 Å². The van der Waals surface area contributed by atoms with Gasteiger partial charge in [0.25, 0.3) is 0 Å². The average Bonchev–Trinajstić information content (AvgIpc) is 2.66. The lowest BCUT2D eigenvalue weighted by Gasteiger charge is -2.04. The van der Waals surface area contributed by atoms with E-state index < -0.39 is 0 Å². The molecule has 0 amide bonds. The van der Waals surface area contributed by atoms with Gasteiger partial charge in [0.1, 0.15) is 0 Å². The number of benzene rings is 2. The van der Waals surface area contributed by atoms with Crippen molar-refractivity contribution in [2.75, 3.05) is 5.43 Å². The topological polar surface area (TPSA) is 38.0 Å². The second-order valence-electron chi connectivity index (χ2n) is 3.85. The quantitative estimate of drug-likeness (QED) is 0.463. The van der Waals surface area contributed by atoms with E-state index in [-0.39, 0.29) is 0 Å². The SMILES string of the molecule is NNc1ccc2c(c1)-c1ccccc1C2. The molecule has 2 heteroatoms. The highest BCUT2D eigenvalue weighted by atomic mass is 15.2. The summed E-state index contributed by atoms with van der Waals surface area (Å²) in [4.78, 5) is 0. The van der Waals surface area contributed by atoms with Crippen molar-refractivity contribution in [1.29, 1.82) is 0 Å². The molecule has 0 saturated carbocycles. The van der Waals surface area contributed by atoms with E-state index in [1.165, 1.54) is 22.3 Å². The van der Waals surface area contributed by atoms with Gasteiger partial charge in [0, 0.05) is 5.69 Å². The van der Waals surface area contributed by atoms with Crippen molar-refractivity contribution < 1.29 is 0 Å². The van der Waals surface area contributed by atoms with E-state index in [9.17, 15) is 0 Å². The van der Waals surface area contributed by atoms with E-state index in [1.807, 2.05) is 6.07 Å². The maximum atomic E-state index is 5.41. The molecule has 1 aliphatic rings. The summed E-state index contributed by atoms with van der Waals surface area (Å²) in [6, 6.07) is 14.8. The number of anilines is 1. The molecule has 0 spiro atoms. The number of nitrogens with two attached hydrogens (primary N) is 1. The Balaban J connectivity index is 2.22. The summed E-state index contributed by atoms with van der Waals surface area (Å²) in [5.41, 5.74) is 9.08. The Kier molecular flexibility index (Phi) is 1.76. The minimum atomic E-state index is 0.963. The third-order valence-electron chi connectivity index (χ3n) is 2.96. The number of fused-ring (bicyclic) bond motifs is 3. The molecule has 0 fully saturated rings. The van der Waals surface area contributed by atoms with Crippen LogP contribution in [-0.2, 0) is 6.42 Å². The van der Waals surface area contributed by atoms with E-state index in [2.05, 4.69) is 41.8 Å². The number of rotatable bonds is 1. The summed E-state index contributed by atoms with van der Waals surface area (Å²) in [5.74, 6) is 5.41. The van der Waals surface area contributed by atoms with Crippen LogP contribution in [0.25, 0.3) is 11.1 Å². The van der Waals surface area contributed by atoms with Crippen molar-refractivity contribution in [3.05, 3.63) is 53.6 Å². The first-order valence-electron chi connectivity index (χ1n) is 5.06. The van der Waals surface area contributed by atoms with Gasteiger partial charge in [-0.2, -0.15) is 0 Å². The summed E-state index contributed by atoms with van der Waals surface area (Å²) in [5, 5.41) is 0. The van der Waals surface area contributed by atoms with Gasteiger partial charge >= 0.3 is 0 Å². The molecule has 0 atom stereocenters. The Hall–Kier alpha value is -1.80. The zero-order valence-electron chi connectivity index (χ0n) is 8.33. The van der Waals surface area contributed by atoms with Gasteiger partial charge < -0.3 is 5.43 Å². The standard InChI is InChI=1S/C13H12N2/c14-15-11-6-5-10-7-9-3-1-2-4-12(9)13(10)8-11/h1-6,8,15H,7,14H2. The number of nitrogens with one attached hydrogen (secondary N) is 1. The molecule has 3 N–H and O–H groups in total. The van der Waals surface area contributed by atoms with Gasteiger partial charge in [0.15, 0.2) is 0 Å². The Morgan fingerprint density at radius 2 is 1.73 bits per heavy atom. The largest absolute Gasteiger partial charge is 0.324 e. The summed E-state index contributed by atoms with van der Waals surface area (Å²) < 4.78 is 0. The van der Waals surface area contributed by atoms with Gasteiger partial charge in [-0.1, -0.05) is 30.3 Å². The van der Waals surface area contributed by atoms with Crippen molar-refractivity contribution in [3.8, 4) is 11.1 Å². The molecule has 0 saturated heterocycles. The van der Waals surface area contributed by atoms with Crippen LogP contribution in [0.2, 0.25) is 0 Å². The second-order valence-corrected chi connectivity index (χ2v) is 3.85. The van der Waals surface area contributed by atoms with Crippen LogP contribution in [0.1, 0.15) is 11.1 Å². The summed E-state index contributed by atoms with van der Waals surface area (Å²) in [6.45, 7) is 0. The molecule has 74 valence electrons. The van der Waals surface area contributed by atoms with Gasteiger partial charge in [-0.05, 0) is 40.8 Å². The molecule has 0 unspecified atom stereocenters. The van der Waals surface area contributed by atoms with Crippen molar-refractivity contribution >= 4 is 5.69 Å². The number of nitrogen functional groups attached to an aromatic ring is 1. The minimum absolute atomic E-state index is 0.963.